The highest BCUT2D eigenvalue weighted by Gasteiger charge is 2.39. The third kappa shape index (κ3) is 6.41. The van der Waals surface area contributed by atoms with Gasteiger partial charge in [0.15, 0.2) is 0 Å². The Balaban J connectivity index is 1.73. The number of para-hydroxylation sites is 1. The molecule has 0 unspecified atom stereocenters. The van der Waals surface area contributed by atoms with Gasteiger partial charge in [0.05, 0.1) is 6.54 Å². The van der Waals surface area contributed by atoms with E-state index in [9.17, 15) is 27.6 Å². The second-order valence-electron chi connectivity index (χ2n) is 7.36. The Labute approximate surface area is 193 Å². The molecule has 176 valence electrons. The number of nitrogens with one attached hydrogen (secondary N) is 2. The third-order valence-electron chi connectivity index (χ3n) is 5.02. The molecule has 0 radical (unpaired) electrons. The summed E-state index contributed by atoms with van der Waals surface area (Å²) in [6.45, 7) is 3.49. The summed E-state index contributed by atoms with van der Waals surface area (Å²) in [4.78, 5) is 39.7. The number of amides is 4. The summed E-state index contributed by atoms with van der Waals surface area (Å²) >= 11 is 1.80. The van der Waals surface area contributed by atoms with E-state index in [1.165, 1.54) is 17.6 Å². The van der Waals surface area contributed by atoms with E-state index in [1.807, 2.05) is 36.1 Å². The van der Waals surface area contributed by atoms with E-state index in [0.717, 1.165) is 28.3 Å². The molecular weight excluding hydrogens is 457 g/mol. The number of carbonyl (C=O) groups is 3. The van der Waals surface area contributed by atoms with Crippen LogP contribution in [-0.2, 0) is 11.3 Å². The molecule has 3 rings (SSSR count). The summed E-state index contributed by atoms with van der Waals surface area (Å²) in [6, 6.07) is 13.5. The molecule has 2 aromatic rings. The van der Waals surface area contributed by atoms with Crippen LogP contribution >= 0.6 is 11.8 Å². The number of aryl methyl sites for hydroxylation is 1. The van der Waals surface area contributed by atoms with Crippen molar-refractivity contribution >= 4 is 35.3 Å². The van der Waals surface area contributed by atoms with Crippen molar-refractivity contribution in [1.29, 1.82) is 0 Å². The first-order valence-corrected chi connectivity index (χ1v) is 11.3. The zero-order valence-electron chi connectivity index (χ0n) is 17.8. The second-order valence-corrected chi connectivity index (χ2v) is 8.58. The van der Waals surface area contributed by atoms with E-state index in [0.29, 0.717) is 13.1 Å². The number of rotatable bonds is 4. The number of benzene rings is 2. The maximum absolute atomic E-state index is 13.3. The van der Waals surface area contributed by atoms with Crippen LogP contribution in [0.4, 0.5) is 23.7 Å². The van der Waals surface area contributed by atoms with Crippen molar-refractivity contribution in [1.82, 2.24) is 15.8 Å². The predicted molar refractivity (Wildman–Crippen MR) is 120 cm³/mol. The summed E-state index contributed by atoms with van der Waals surface area (Å²) in [5, 5.41) is 0. The number of anilines is 1. The standard InChI is InChI=1S/C22H23F3N4O3S/c1-15-4-2-3-5-18(15)29(21(32)28-10-12-33-13-11-28)14-16-6-8-17(9-7-16)19(30)26-27-20(31)22(23,24)25/h2-9H,10-14H2,1H3,(H,26,30)(H,27,31). The van der Waals surface area contributed by atoms with Crippen molar-refractivity contribution in [3.8, 4) is 0 Å². The summed E-state index contributed by atoms with van der Waals surface area (Å²) in [7, 11) is 0. The van der Waals surface area contributed by atoms with Gasteiger partial charge < -0.3 is 4.90 Å². The number of urea groups is 1. The molecule has 0 aliphatic carbocycles. The van der Waals surface area contributed by atoms with Gasteiger partial charge in [-0.25, -0.2) is 4.79 Å². The minimum absolute atomic E-state index is 0.0584. The van der Waals surface area contributed by atoms with Gasteiger partial charge in [-0.2, -0.15) is 24.9 Å². The number of hydrazine groups is 1. The van der Waals surface area contributed by atoms with E-state index >= 15 is 0 Å². The Morgan fingerprint density at radius 2 is 1.64 bits per heavy atom. The summed E-state index contributed by atoms with van der Waals surface area (Å²) in [5.41, 5.74) is 5.55. The second kappa shape index (κ2) is 10.6. The van der Waals surface area contributed by atoms with Crippen LogP contribution in [0, 0.1) is 6.92 Å². The van der Waals surface area contributed by atoms with Crippen LogP contribution in [0.3, 0.4) is 0 Å². The van der Waals surface area contributed by atoms with Crippen molar-refractivity contribution in [2.24, 2.45) is 0 Å². The number of alkyl halides is 3. The first-order valence-electron chi connectivity index (χ1n) is 10.1. The SMILES string of the molecule is Cc1ccccc1N(Cc1ccc(C(=O)NNC(=O)C(F)(F)F)cc1)C(=O)N1CCSCC1. The molecule has 1 heterocycles. The lowest BCUT2D eigenvalue weighted by Crippen LogP contribution is -2.47. The highest BCUT2D eigenvalue weighted by atomic mass is 32.2. The Morgan fingerprint density at radius 1 is 1.00 bits per heavy atom. The van der Waals surface area contributed by atoms with Crippen molar-refractivity contribution in [2.75, 3.05) is 29.5 Å². The van der Waals surface area contributed by atoms with Gasteiger partial charge in [0.2, 0.25) is 0 Å². The van der Waals surface area contributed by atoms with Gasteiger partial charge in [0.1, 0.15) is 0 Å². The van der Waals surface area contributed by atoms with Crippen LogP contribution in [-0.4, -0.2) is 53.5 Å². The van der Waals surface area contributed by atoms with Gasteiger partial charge in [-0.1, -0.05) is 30.3 Å². The zero-order chi connectivity index (χ0) is 24.0. The predicted octanol–water partition coefficient (Wildman–Crippen LogP) is 3.49. The van der Waals surface area contributed by atoms with Gasteiger partial charge in [-0.05, 0) is 36.2 Å². The molecule has 1 aliphatic heterocycles. The lowest BCUT2D eigenvalue weighted by molar-refractivity contribution is -0.174. The van der Waals surface area contributed by atoms with E-state index in [1.54, 1.807) is 34.2 Å². The topological polar surface area (TPSA) is 81.8 Å². The maximum Gasteiger partial charge on any atom is 0.472 e. The first-order chi connectivity index (χ1) is 15.7. The van der Waals surface area contributed by atoms with E-state index in [-0.39, 0.29) is 18.1 Å². The van der Waals surface area contributed by atoms with E-state index in [2.05, 4.69) is 0 Å². The molecule has 0 bridgehead atoms. The van der Waals surface area contributed by atoms with Crippen LogP contribution in [0.25, 0.3) is 0 Å². The molecule has 0 saturated carbocycles. The maximum atomic E-state index is 13.3. The average Bonchev–Trinajstić information content (AvgIpc) is 2.81. The number of carbonyl (C=O) groups excluding carboxylic acids is 3. The van der Waals surface area contributed by atoms with E-state index < -0.39 is 18.0 Å². The number of hydrogen-bond acceptors (Lipinski definition) is 4. The Morgan fingerprint density at radius 3 is 2.24 bits per heavy atom. The minimum atomic E-state index is -5.10. The number of hydrogen-bond donors (Lipinski definition) is 2. The summed E-state index contributed by atoms with van der Waals surface area (Å²) < 4.78 is 36.7. The molecule has 1 fully saturated rings. The summed E-state index contributed by atoms with van der Waals surface area (Å²) in [5.74, 6) is -1.41. The quantitative estimate of drug-likeness (QED) is 0.657. The van der Waals surface area contributed by atoms with E-state index in [4.69, 9.17) is 0 Å². The Bertz CT molecular complexity index is 1010. The number of halogens is 3. The zero-order valence-corrected chi connectivity index (χ0v) is 18.6. The lowest BCUT2D eigenvalue weighted by Gasteiger charge is -2.33. The van der Waals surface area contributed by atoms with Crippen molar-refractivity contribution in [3.05, 3.63) is 65.2 Å². The van der Waals surface area contributed by atoms with Gasteiger partial charge in [0.25, 0.3) is 5.91 Å². The number of thioether (sulfide) groups is 1. The molecule has 2 aromatic carbocycles. The number of nitrogens with zero attached hydrogens (tertiary/aromatic N) is 2. The Hall–Kier alpha value is -3.21. The highest BCUT2D eigenvalue weighted by molar-refractivity contribution is 7.99. The largest absolute Gasteiger partial charge is 0.472 e. The van der Waals surface area contributed by atoms with Gasteiger partial charge in [-0.3, -0.25) is 25.3 Å². The molecule has 7 nitrogen and oxygen atoms in total. The minimum Gasteiger partial charge on any atom is -0.323 e. The molecule has 0 atom stereocenters. The van der Waals surface area contributed by atoms with Gasteiger partial charge in [-0.15, -0.1) is 0 Å². The van der Waals surface area contributed by atoms with Crippen LogP contribution in [0.2, 0.25) is 0 Å². The van der Waals surface area contributed by atoms with Crippen molar-refractivity contribution in [2.45, 2.75) is 19.6 Å². The first kappa shape index (κ1) is 24.4. The van der Waals surface area contributed by atoms with Crippen LogP contribution in [0.15, 0.2) is 48.5 Å². The van der Waals surface area contributed by atoms with Crippen LogP contribution in [0.1, 0.15) is 21.5 Å². The van der Waals surface area contributed by atoms with Gasteiger partial charge in [0, 0.05) is 35.8 Å². The van der Waals surface area contributed by atoms with Crippen LogP contribution < -0.4 is 15.8 Å². The monoisotopic (exact) mass is 480 g/mol. The molecule has 11 heteroatoms. The van der Waals surface area contributed by atoms with Crippen molar-refractivity contribution < 1.29 is 27.6 Å². The fourth-order valence-corrected chi connectivity index (χ4v) is 4.15. The smallest absolute Gasteiger partial charge is 0.323 e. The molecule has 4 amide bonds. The van der Waals surface area contributed by atoms with Gasteiger partial charge >= 0.3 is 18.1 Å². The third-order valence-corrected chi connectivity index (χ3v) is 5.97. The molecule has 1 saturated heterocycles. The highest BCUT2D eigenvalue weighted by Crippen LogP contribution is 2.24. The fraction of sp³-hybridized carbons (Fsp3) is 0.318. The molecule has 1 aliphatic rings. The molecule has 0 spiro atoms. The molecule has 0 aromatic heterocycles. The fourth-order valence-electron chi connectivity index (χ4n) is 3.25. The molecular formula is C22H23F3N4O3S. The summed E-state index contributed by atoms with van der Waals surface area (Å²) in [6.07, 6.45) is -5.10. The van der Waals surface area contributed by atoms with Crippen LogP contribution in [0.5, 0.6) is 0 Å². The van der Waals surface area contributed by atoms with Crippen molar-refractivity contribution in [3.63, 3.8) is 0 Å². The molecule has 2 N–H and O–H groups in total. The normalized spacial score (nSPS) is 13.9. The Kier molecular flexibility index (Phi) is 7.85. The average molecular weight is 481 g/mol. The lowest BCUT2D eigenvalue weighted by atomic mass is 10.1. The molecule has 33 heavy (non-hydrogen) atoms.